The Labute approximate surface area is 150 Å². The van der Waals surface area contributed by atoms with Crippen molar-refractivity contribution in [1.29, 1.82) is 0 Å². The van der Waals surface area contributed by atoms with Crippen molar-refractivity contribution in [3.05, 3.63) is 64.7 Å². The summed E-state index contributed by atoms with van der Waals surface area (Å²) < 4.78 is 0. The molecule has 3 N–H and O–H groups in total. The van der Waals surface area contributed by atoms with Crippen molar-refractivity contribution < 1.29 is 9.90 Å². The third kappa shape index (κ3) is 4.83. The van der Waals surface area contributed by atoms with Crippen molar-refractivity contribution in [2.75, 3.05) is 18.5 Å². The van der Waals surface area contributed by atoms with E-state index in [2.05, 4.69) is 55.7 Å². The number of carbonyl (C=O) groups is 1. The highest BCUT2D eigenvalue weighted by Crippen LogP contribution is 2.25. The molecule has 0 fully saturated rings. The number of hydrogen-bond acceptors (Lipinski definition) is 3. The van der Waals surface area contributed by atoms with Crippen LogP contribution >= 0.6 is 0 Å². The molecule has 2 rings (SSSR count). The number of aliphatic hydroxyl groups excluding tert-OH is 1. The number of benzene rings is 2. The van der Waals surface area contributed by atoms with Crippen LogP contribution in [0.4, 0.5) is 5.69 Å². The summed E-state index contributed by atoms with van der Waals surface area (Å²) in [4.78, 5) is 12.2. The predicted molar refractivity (Wildman–Crippen MR) is 103 cm³/mol. The first-order valence-electron chi connectivity index (χ1n) is 8.79. The molecule has 0 radical (unpaired) electrons. The van der Waals surface area contributed by atoms with Gasteiger partial charge in [0.25, 0.3) is 5.91 Å². The van der Waals surface area contributed by atoms with Crippen molar-refractivity contribution in [3.8, 4) is 0 Å². The van der Waals surface area contributed by atoms with E-state index in [9.17, 15) is 4.79 Å². The average molecular weight is 340 g/mol. The highest BCUT2D eigenvalue weighted by atomic mass is 16.3. The summed E-state index contributed by atoms with van der Waals surface area (Å²) in [5, 5.41) is 15.1. The SMILES string of the molecule is Cc1c(NC(C)c2ccc(C(C)C)cc2)cccc1C(=O)NCCO. The Bertz CT molecular complexity index is 708. The lowest BCUT2D eigenvalue weighted by Crippen LogP contribution is -2.27. The van der Waals surface area contributed by atoms with Gasteiger partial charge in [0, 0.05) is 23.8 Å². The molecule has 1 amide bonds. The fourth-order valence-corrected chi connectivity index (χ4v) is 2.79. The van der Waals surface area contributed by atoms with E-state index in [1.54, 1.807) is 6.07 Å². The van der Waals surface area contributed by atoms with Gasteiger partial charge in [-0.15, -0.1) is 0 Å². The second kappa shape index (κ2) is 8.67. The van der Waals surface area contributed by atoms with Gasteiger partial charge < -0.3 is 15.7 Å². The van der Waals surface area contributed by atoms with Gasteiger partial charge in [-0.1, -0.05) is 44.2 Å². The van der Waals surface area contributed by atoms with E-state index >= 15 is 0 Å². The zero-order chi connectivity index (χ0) is 18.4. The van der Waals surface area contributed by atoms with Crippen molar-refractivity contribution in [2.24, 2.45) is 0 Å². The van der Waals surface area contributed by atoms with Crippen LogP contribution in [0.1, 0.15) is 59.8 Å². The van der Waals surface area contributed by atoms with Gasteiger partial charge in [-0.25, -0.2) is 0 Å². The summed E-state index contributed by atoms with van der Waals surface area (Å²) >= 11 is 0. The molecule has 2 aromatic carbocycles. The molecular weight excluding hydrogens is 312 g/mol. The minimum atomic E-state index is -0.163. The van der Waals surface area contributed by atoms with E-state index in [0.717, 1.165) is 11.3 Å². The number of carbonyl (C=O) groups excluding carboxylic acids is 1. The number of nitrogens with one attached hydrogen (secondary N) is 2. The molecule has 0 spiro atoms. The number of aliphatic hydroxyl groups is 1. The average Bonchev–Trinajstić information content (AvgIpc) is 2.61. The smallest absolute Gasteiger partial charge is 0.251 e. The fourth-order valence-electron chi connectivity index (χ4n) is 2.79. The summed E-state index contributed by atoms with van der Waals surface area (Å²) in [6.07, 6.45) is 0. The van der Waals surface area contributed by atoms with Gasteiger partial charge in [0.15, 0.2) is 0 Å². The molecule has 0 saturated heterocycles. The second-order valence-corrected chi connectivity index (χ2v) is 6.65. The van der Waals surface area contributed by atoms with Crippen LogP contribution < -0.4 is 10.6 Å². The summed E-state index contributed by atoms with van der Waals surface area (Å²) in [5.74, 6) is 0.359. The molecule has 1 atom stereocenters. The van der Waals surface area contributed by atoms with Crippen molar-refractivity contribution in [1.82, 2.24) is 5.32 Å². The minimum absolute atomic E-state index is 0.0634. The van der Waals surface area contributed by atoms with Crippen molar-refractivity contribution >= 4 is 11.6 Å². The highest BCUT2D eigenvalue weighted by Gasteiger charge is 2.13. The van der Waals surface area contributed by atoms with Crippen LogP contribution in [-0.2, 0) is 0 Å². The molecular formula is C21H28N2O2. The van der Waals surface area contributed by atoms with Crippen LogP contribution in [0.15, 0.2) is 42.5 Å². The van der Waals surface area contributed by atoms with Gasteiger partial charge in [0.1, 0.15) is 0 Å². The summed E-state index contributed by atoms with van der Waals surface area (Å²) in [6, 6.07) is 14.4. The molecule has 4 heteroatoms. The normalized spacial score (nSPS) is 12.1. The van der Waals surface area contributed by atoms with E-state index in [1.807, 2.05) is 19.1 Å². The van der Waals surface area contributed by atoms with Crippen LogP contribution in [0.2, 0.25) is 0 Å². The van der Waals surface area contributed by atoms with Crippen molar-refractivity contribution in [2.45, 2.75) is 39.7 Å². The number of hydrogen-bond donors (Lipinski definition) is 3. The molecule has 0 aliphatic rings. The van der Waals surface area contributed by atoms with E-state index in [4.69, 9.17) is 5.11 Å². The molecule has 134 valence electrons. The first-order chi connectivity index (χ1) is 11.9. The lowest BCUT2D eigenvalue weighted by atomic mass is 9.99. The molecule has 1 unspecified atom stereocenters. The Hall–Kier alpha value is -2.33. The number of anilines is 1. The van der Waals surface area contributed by atoms with Crippen LogP contribution in [0.25, 0.3) is 0 Å². The molecule has 0 aliphatic heterocycles. The molecule has 0 aliphatic carbocycles. The van der Waals surface area contributed by atoms with E-state index in [-0.39, 0.29) is 25.1 Å². The monoisotopic (exact) mass is 340 g/mol. The quantitative estimate of drug-likeness (QED) is 0.713. The zero-order valence-corrected chi connectivity index (χ0v) is 15.5. The van der Waals surface area contributed by atoms with Gasteiger partial charge in [0.05, 0.1) is 6.61 Å². The summed E-state index contributed by atoms with van der Waals surface area (Å²) in [6.45, 7) is 8.62. The van der Waals surface area contributed by atoms with Gasteiger partial charge in [-0.05, 0) is 48.6 Å². The lowest BCUT2D eigenvalue weighted by molar-refractivity contribution is 0.0944. The molecule has 0 saturated carbocycles. The Morgan fingerprint density at radius 1 is 1.04 bits per heavy atom. The summed E-state index contributed by atoms with van der Waals surface area (Å²) in [5.41, 5.74) is 5.01. The molecule has 0 heterocycles. The Morgan fingerprint density at radius 3 is 2.28 bits per heavy atom. The molecule has 4 nitrogen and oxygen atoms in total. The number of amides is 1. The third-order valence-electron chi connectivity index (χ3n) is 4.45. The first-order valence-corrected chi connectivity index (χ1v) is 8.79. The molecule has 2 aromatic rings. The molecule has 25 heavy (non-hydrogen) atoms. The van der Waals surface area contributed by atoms with Crippen LogP contribution in [-0.4, -0.2) is 24.2 Å². The maximum absolute atomic E-state index is 12.2. The fraction of sp³-hybridized carbons (Fsp3) is 0.381. The Kier molecular flexibility index (Phi) is 6.59. The van der Waals surface area contributed by atoms with Gasteiger partial charge >= 0.3 is 0 Å². The Morgan fingerprint density at radius 2 is 1.68 bits per heavy atom. The largest absolute Gasteiger partial charge is 0.395 e. The summed E-state index contributed by atoms with van der Waals surface area (Å²) in [7, 11) is 0. The maximum atomic E-state index is 12.2. The van der Waals surface area contributed by atoms with E-state index < -0.39 is 0 Å². The van der Waals surface area contributed by atoms with Crippen molar-refractivity contribution in [3.63, 3.8) is 0 Å². The first kappa shape index (κ1) is 19.0. The molecule has 0 aromatic heterocycles. The van der Waals surface area contributed by atoms with Gasteiger partial charge in [-0.3, -0.25) is 4.79 Å². The Balaban J connectivity index is 2.15. The topological polar surface area (TPSA) is 61.4 Å². The minimum Gasteiger partial charge on any atom is -0.395 e. The van der Waals surface area contributed by atoms with Crippen LogP contribution in [0.3, 0.4) is 0 Å². The van der Waals surface area contributed by atoms with Crippen LogP contribution in [0, 0.1) is 6.92 Å². The van der Waals surface area contributed by atoms with Gasteiger partial charge in [0.2, 0.25) is 0 Å². The number of rotatable bonds is 7. The predicted octanol–water partition coefficient (Wildman–Crippen LogP) is 4.01. The van der Waals surface area contributed by atoms with Gasteiger partial charge in [-0.2, -0.15) is 0 Å². The zero-order valence-electron chi connectivity index (χ0n) is 15.5. The van der Waals surface area contributed by atoms with E-state index in [0.29, 0.717) is 11.5 Å². The van der Waals surface area contributed by atoms with Crippen LogP contribution in [0.5, 0.6) is 0 Å². The highest BCUT2D eigenvalue weighted by molar-refractivity contribution is 5.97. The lowest BCUT2D eigenvalue weighted by Gasteiger charge is -2.19. The third-order valence-corrected chi connectivity index (χ3v) is 4.45. The standard InChI is InChI=1S/C21H28N2O2/c1-14(2)17-8-10-18(11-9-17)16(4)23-20-7-5-6-19(15(20)3)21(25)22-12-13-24/h5-11,14,16,23-24H,12-13H2,1-4H3,(H,22,25). The second-order valence-electron chi connectivity index (χ2n) is 6.65. The molecule has 0 bridgehead atoms. The van der Waals surface area contributed by atoms with E-state index in [1.165, 1.54) is 11.1 Å². The maximum Gasteiger partial charge on any atom is 0.251 e.